The average molecular weight is 279 g/mol. The molecule has 0 N–H and O–H groups in total. The molecule has 0 radical (unpaired) electrons. The molecule has 0 saturated heterocycles. The van der Waals surface area contributed by atoms with Gasteiger partial charge < -0.3 is 4.74 Å². The third-order valence-corrected chi connectivity index (χ3v) is 3.82. The van der Waals surface area contributed by atoms with Crippen molar-refractivity contribution >= 4 is 21.7 Å². The molecule has 0 aromatic carbocycles. The van der Waals surface area contributed by atoms with Gasteiger partial charge >= 0.3 is 0 Å². The lowest BCUT2D eigenvalue weighted by Crippen LogP contribution is -2.32. The van der Waals surface area contributed by atoms with E-state index in [0.29, 0.717) is 30.1 Å². The molecule has 0 heterocycles. The Kier molecular flexibility index (Phi) is 2.45. The number of halogens is 3. The predicted octanol–water partition coefficient (Wildman–Crippen LogP) is 2.59. The number of hydrogen-bond acceptors (Lipinski definition) is 2. The number of hydrogen-bond donors (Lipinski definition) is 0. The fraction of sp³-hybridized carbons (Fsp3) is 0.500. The van der Waals surface area contributed by atoms with Crippen LogP contribution >= 0.6 is 15.9 Å². The maximum Gasteiger partial charge on any atom is 0.286 e. The van der Waals surface area contributed by atoms with Gasteiger partial charge in [0.2, 0.25) is 0 Å². The Labute approximate surface area is 94.1 Å². The maximum atomic E-state index is 13.5. The number of alkyl halides is 3. The largest absolute Gasteiger partial charge is 0.496 e. The zero-order chi connectivity index (χ0) is 11.2. The molecular formula is C10H9BrF2O2. The highest BCUT2D eigenvalue weighted by molar-refractivity contribution is 9.09. The third-order valence-electron chi connectivity index (χ3n) is 2.66. The first kappa shape index (κ1) is 10.8. The van der Waals surface area contributed by atoms with Crippen molar-refractivity contribution in [1.29, 1.82) is 0 Å². The van der Waals surface area contributed by atoms with E-state index in [1.54, 1.807) is 0 Å². The van der Waals surface area contributed by atoms with Crippen LogP contribution in [0.3, 0.4) is 0 Å². The summed E-state index contributed by atoms with van der Waals surface area (Å²) in [6, 6.07) is 0. The van der Waals surface area contributed by atoms with Gasteiger partial charge in [-0.2, -0.15) is 0 Å². The van der Waals surface area contributed by atoms with Gasteiger partial charge in [0.25, 0.3) is 5.92 Å². The van der Waals surface area contributed by atoms with Gasteiger partial charge in [-0.1, -0.05) is 15.9 Å². The number of carbonyl (C=O) groups excluding carboxylic acids is 1. The summed E-state index contributed by atoms with van der Waals surface area (Å²) in [6.45, 7) is 0. The summed E-state index contributed by atoms with van der Waals surface area (Å²) in [7, 11) is 1.30. The highest BCUT2D eigenvalue weighted by Gasteiger charge is 2.47. The molecule has 0 saturated carbocycles. The van der Waals surface area contributed by atoms with E-state index in [1.165, 1.54) is 7.11 Å². The Balaban J connectivity index is 2.52. The summed E-state index contributed by atoms with van der Waals surface area (Å²) in [4.78, 5) is 10.4. The van der Waals surface area contributed by atoms with Crippen molar-refractivity contribution < 1.29 is 18.3 Å². The molecule has 0 fully saturated rings. The molecule has 1 atom stereocenters. The third kappa shape index (κ3) is 1.53. The lowest BCUT2D eigenvalue weighted by atomic mass is 9.95. The van der Waals surface area contributed by atoms with Crippen LogP contribution in [-0.2, 0) is 9.53 Å². The van der Waals surface area contributed by atoms with Crippen LogP contribution in [0.1, 0.15) is 12.8 Å². The molecule has 0 spiro atoms. The van der Waals surface area contributed by atoms with Crippen LogP contribution in [0.15, 0.2) is 23.0 Å². The van der Waals surface area contributed by atoms with Crippen molar-refractivity contribution in [3.63, 3.8) is 0 Å². The van der Waals surface area contributed by atoms with Crippen LogP contribution in [-0.4, -0.2) is 23.6 Å². The molecule has 0 aromatic rings. The Morgan fingerprint density at radius 1 is 1.53 bits per heavy atom. The maximum absolute atomic E-state index is 13.5. The monoisotopic (exact) mass is 278 g/mol. The van der Waals surface area contributed by atoms with Crippen molar-refractivity contribution in [2.75, 3.05) is 7.11 Å². The fourth-order valence-corrected chi connectivity index (χ4v) is 2.53. The van der Waals surface area contributed by atoms with Crippen LogP contribution in [0.2, 0.25) is 0 Å². The summed E-state index contributed by atoms with van der Waals surface area (Å²) < 4.78 is 31.7. The van der Waals surface area contributed by atoms with Crippen LogP contribution in [0.5, 0.6) is 0 Å². The van der Waals surface area contributed by atoms with E-state index in [2.05, 4.69) is 15.9 Å². The first-order valence-electron chi connectivity index (χ1n) is 4.52. The van der Waals surface area contributed by atoms with Crippen LogP contribution in [0.4, 0.5) is 8.78 Å². The molecule has 2 aliphatic carbocycles. The number of carbonyl (C=O) groups is 1. The molecule has 82 valence electrons. The van der Waals surface area contributed by atoms with E-state index in [9.17, 15) is 13.6 Å². The van der Waals surface area contributed by atoms with E-state index in [4.69, 9.17) is 4.74 Å². The second-order valence-corrected chi connectivity index (χ2v) is 4.49. The molecular weight excluding hydrogens is 270 g/mol. The van der Waals surface area contributed by atoms with Gasteiger partial charge in [0.05, 0.1) is 12.7 Å². The van der Waals surface area contributed by atoms with E-state index in [1.807, 2.05) is 0 Å². The van der Waals surface area contributed by atoms with Crippen molar-refractivity contribution in [1.82, 2.24) is 0 Å². The number of ether oxygens (including phenoxy) is 1. The number of ketones is 1. The summed E-state index contributed by atoms with van der Waals surface area (Å²) >= 11 is 2.94. The molecule has 2 rings (SSSR count). The molecule has 0 aliphatic heterocycles. The molecule has 5 heteroatoms. The molecule has 1 unspecified atom stereocenters. The normalized spacial score (nSPS) is 28.9. The molecule has 0 bridgehead atoms. The van der Waals surface area contributed by atoms with Crippen molar-refractivity contribution in [3.05, 3.63) is 23.0 Å². The average Bonchev–Trinajstić information content (AvgIpc) is 2.55. The van der Waals surface area contributed by atoms with E-state index >= 15 is 0 Å². The molecule has 0 amide bonds. The van der Waals surface area contributed by atoms with Gasteiger partial charge in [0.1, 0.15) is 10.6 Å². The quantitative estimate of drug-likeness (QED) is 0.690. The van der Waals surface area contributed by atoms with Crippen molar-refractivity contribution in [2.24, 2.45) is 0 Å². The SMILES string of the molecule is COC1=CC(F)(F)C(Br)C2=C1C(=O)CC2. The minimum Gasteiger partial charge on any atom is -0.496 e. The number of methoxy groups -OCH3 is 1. The Hall–Kier alpha value is -0.710. The van der Waals surface area contributed by atoms with Crippen LogP contribution < -0.4 is 0 Å². The second-order valence-electron chi connectivity index (χ2n) is 3.57. The summed E-state index contributed by atoms with van der Waals surface area (Å²) in [5.41, 5.74) is 0.801. The first-order chi connectivity index (χ1) is 6.97. The van der Waals surface area contributed by atoms with Crippen molar-refractivity contribution in [2.45, 2.75) is 23.6 Å². The zero-order valence-corrected chi connectivity index (χ0v) is 9.61. The molecule has 0 aromatic heterocycles. The topological polar surface area (TPSA) is 26.3 Å². The van der Waals surface area contributed by atoms with E-state index in [0.717, 1.165) is 0 Å². The van der Waals surface area contributed by atoms with Gasteiger partial charge in [-0.05, 0) is 12.0 Å². The molecule has 2 aliphatic rings. The van der Waals surface area contributed by atoms with Gasteiger partial charge in [0.15, 0.2) is 5.78 Å². The highest BCUT2D eigenvalue weighted by Crippen LogP contribution is 2.45. The fourth-order valence-electron chi connectivity index (χ4n) is 1.94. The molecule has 15 heavy (non-hydrogen) atoms. The van der Waals surface area contributed by atoms with Gasteiger partial charge in [0, 0.05) is 12.5 Å². The minimum absolute atomic E-state index is 0.00759. The Morgan fingerprint density at radius 3 is 2.80 bits per heavy atom. The van der Waals surface area contributed by atoms with Gasteiger partial charge in [-0.3, -0.25) is 4.79 Å². The zero-order valence-electron chi connectivity index (χ0n) is 8.02. The minimum atomic E-state index is -2.99. The van der Waals surface area contributed by atoms with Crippen LogP contribution in [0.25, 0.3) is 0 Å². The van der Waals surface area contributed by atoms with E-state index < -0.39 is 10.7 Å². The van der Waals surface area contributed by atoms with Gasteiger partial charge in [-0.25, -0.2) is 8.78 Å². The summed E-state index contributed by atoms with van der Waals surface area (Å²) in [5, 5.41) is 0. The van der Waals surface area contributed by atoms with Gasteiger partial charge in [-0.15, -0.1) is 0 Å². The van der Waals surface area contributed by atoms with Crippen molar-refractivity contribution in [3.8, 4) is 0 Å². The summed E-state index contributed by atoms with van der Waals surface area (Å²) in [5.74, 6) is -3.10. The van der Waals surface area contributed by atoms with Crippen LogP contribution in [0, 0.1) is 0 Å². The lowest BCUT2D eigenvalue weighted by Gasteiger charge is -2.26. The number of Topliss-reactive ketones (excluding diaryl/α,β-unsaturated/α-hetero) is 1. The van der Waals surface area contributed by atoms with E-state index in [-0.39, 0.29) is 11.5 Å². The standard InChI is InChI=1S/C10H9BrF2O2/c1-15-7-4-10(12,13)9(11)5-2-3-6(14)8(5)7/h4,9H,2-3H2,1H3. The highest BCUT2D eigenvalue weighted by atomic mass is 79.9. The summed E-state index contributed by atoms with van der Waals surface area (Å²) in [6.07, 6.45) is 1.40. The Bertz CT molecular complexity index is 385. The number of rotatable bonds is 1. The smallest absolute Gasteiger partial charge is 0.286 e. The lowest BCUT2D eigenvalue weighted by molar-refractivity contribution is -0.115. The number of allylic oxidation sites excluding steroid dienone is 3. The molecule has 2 nitrogen and oxygen atoms in total. The second kappa shape index (κ2) is 3.40. The first-order valence-corrected chi connectivity index (χ1v) is 5.44. The Morgan fingerprint density at radius 2 is 2.20 bits per heavy atom. The predicted molar refractivity (Wildman–Crippen MR) is 54.0 cm³/mol.